The van der Waals surface area contributed by atoms with Crippen LogP contribution in [0.3, 0.4) is 0 Å². The minimum absolute atomic E-state index is 0.0813. The summed E-state index contributed by atoms with van der Waals surface area (Å²) in [6.07, 6.45) is 3.48. The molecule has 3 heteroatoms. The van der Waals surface area contributed by atoms with Crippen LogP contribution in [0.2, 0.25) is 0 Å². The SMILES string of the molecule is CC(C)NC(=O)N1CCCCC(c2ccccc2)C1. The van der Waals surface area contributed by atoms with E-state index >= 15 is 0 Å². The van der Waals surface area contributed by atoms with E-state index in [1.165, 1.54) is 18.4 Å². The Bertz CT molecular complexity index is 402. The molecule has 2 rings (SSSR count). The lowest BCUT2D eigenvalue weighted by atomic mass is 9.94. The van der Waals surface area contributed by atoms with E-state index in [1.54, 1.807) is 0 Å². The number of hydrogen-bond acceptors (Lipinski definition) is 1. The first kappa shape index (κ1) is 13.9. The molecule has 2 amide bonds. The summed E-state index contributed by atoms with van der Waals surface area (Å²) in [7, 11) is 0. The van der Waals surface area contributed by atoms with Gasteiger partial charge in [0, 0.05) is 25.0 Å². The molecule has 1 saturated heterocycles. The van der Waals surface area contributed by atoms with Gasteiger partial charge in [0.05, 0.1) is 0 Å². The van der Waals surface area contributed by atoms with Gasteiger partial charge >= 0.3 is 6.03 Å². The van der Waals surface area contributed by atoms with Gasteiger partial charge in [-0.1, -0.05) is 36.8 Å². The third-order valence-electron chi connectivity index (χ3n) is 3.64. The minimum Gasteiger partial charge on any atom is -0.336 e. The van der Waals surface area contributed by atoms with E-state index in [1.807, 2.05) is 24.8 Å². The molecular formula is C16H24N2O. The lowest BCUT2D eigenvalue weighted by Crippen LogP contribution is -2.44. The predicted octanol–water partition coefficient (Wildman–Crippen LogP) is 3.37. The minimum atomic E-state index is 0.0813. The number of carbonyl (C=O) groups is 1. The zero-order valence-electron chi connectivity index (χ0n) is 11.9. The summed E-state index contributed by atoms with van der Waals surface area (Å²) in [5, 5.41) is 3.00. The highest BCUT2D eigenvalue weighted by Crippen LogP contribution is 2.26. The van der Waals surface area contributed by atoms with Crippen molar-refractivity contribution < 1.29 is 4.79 Å². The highest BCUT2D eigenvalue weighted by atomic mass is 16.2. The molecule has 0 aromatic heterocycles. The summed E-state index contributed by atoms with van der Waals surface area (Å²) in [6, 6.07) is 10.8. The molecule has 1 aliphatic rings. The van der Waals surface area contributed by atoms with Gasteiger partial charge in [-0.3, -0.25) is 0 Å². The number of rotatable bonds is 2. The maximum Gasteiger partial charge on any atom is 0.317 e. The van der Waals surface area contributed by atoms with E-state index in [0.29, 0.717) is 5.92 Å². The van der Waals surface area contributed by atoms with Gasteiger partial charge in [-0.15, -0.1) is 0 Å². The van der Waals surface area contributed by atoms with E-state index in [4.69, 9.17) is 0 Å². The Morgan fingerprint density at radius 1 is 1.26 bits per heavy atom. The molecule has 1 aromatic carbocycles. The average molecular weight is 260 g/mol. The predicted molar refractivity (Wildman–Crippen MR) is 78.3 cm³/mol. The number of amides is 2. The number of hydrogen-bond donors (Lipinski definition) is 1. The second-order valence-corrected chi connectivity index (χ2v) is 5.65. The van der Waals surface area contributed by atoms with Crippen molar-refractivity contribution in [2.24, 2.45) is 0 Å². The summed E-state index contributed by atoms with van der Waals surface area (Å²) in [4.78, 5) is 14.1. The maximum absolute atomic E-state index is 12.2. The molecule has 3 nitrogen and oxygen atoms in total. The fourth-order valence-electron chi connectivity index (χ4n) is 2.66. The van der Waals surface area contributed by atoms with Gasteiger partial charge in [0.1, 0.15) is 0 Å². The Hall–Kier alpha value is -1.51. The van der Waals surface area contributed by atoms with Gasteiger partial charge in [-0.2, -0.15) is 0 Å². The van der Waals surface area contributed by atoms with Crippen molar-refractivity contribution in [2.45, 2.75) is 45.1 Å². The molecule has 0 radical (unpaired) electrons. The first-order valence-corrected chi connectivity index (χ1v) is 7.27. The van der Waals surface area contributed by atoms with Gasteiger partial charge in [0.15, 0.2) is 0 Å². The molecule has 1 N–H and O–H groups in total. The third-order valence-corrected chi connectivity index (χ3v) is 3.64. The molecule has 0 spiro atoms. The number of benzene rings is 1. The summed E-state index contributed by atoms with van der Waals surface area (Å²) in [5.74, 6) is 0.474. The van der Waals surface area contributed by atoms with Crippen molar-refractivity contribution in [2.75, 3.05) is 13.1 Å². The normalized spacial score (nSPS) is 20.2. The van der Waals surface area contributed by atoms with Crippen LogP contribution >= 0.6 is 0 Å². The summed E-state index contributed by atoms with van der Waals surface area (Å²) >= 11 is 0. The van der Waals surface area contributed by atoms with Crippen LogP contribution in [0.4, 0.5) is 4.79 Å². The Balaban J connectivity index is 2.04. The molecule has 1 unspecified atom stereocenters. The monoisotopic (exact) mass is 260 g/mol. The summed E-state index contributed by atoms with van der Waals surface area (Å²) in [6.45, 7) is 5.72. The second-order valence-electron chi connectivity index (χ2n) is 5.65. The van der Waals surface area contributed by atoms with Crippen LogP contribution in [0.15, 0.2) is 30.3 Å². The number of likely N-dealkylation sites (tertiary alicyclic amines) is 1. The van der Waals surface area contributed by atoms with Crippen LogP contribution in [-0.4, -0.2) is 30.1 Å². The van der Waals surface area contributed by atoms with E-state index in [9.17, 15) is 4.79 Å². The average Bonchev–Trinajstić information content (AvgIpc) is 2.65. The Labute approximate surface area is 116 Å². The van der Waals surface area contributed by atoms with Gasteiger partial charge < -0.3 is 10.2 Å². The number of nitrogens with zero attached hydrogens (tertiary/aromatic N) is 1. The molecule has 1 aromatic rings. The first-order valence-electron chi connectivity index (χ1n) is 7.27. The third kappa shape index (κ3) is 3.98. The topological polar surface area (TPSA) is 32.3 Å². The highest BCUT2D eigenvalue weighted by Gasteiger charge is 2.23. The fraction of sp³-hybridized carbons (Fsp3) is 0.562. The molecule has 0 saturated carbocycles. The largest absolute Gasteiger partial charge is 0.336 e. The van der Waals surface area contributed by atoms with Crippen molar-refractivity contribution in [1.29, 1.82) is 0 Å². The molecule has 0 bridgehead atoms. The molecule has 1 heterocycles. The zero-order chi connectivity index (χ0) is 13.7. The highest BCUT2D eigenvalue weighted by molar-refractivity contribution is 5.74. The number of nitrogens with one attached hydrogen (secondary N) is 1. The van der Waals surface area contributed by atoms with E-state index in [-0.39, 0.29) is 12.1 Å². The first-order chi connectivity index (χ1) is 9.16. The Kier molecular flexibility index (Phi) is 4.83. The summed E-state index contributed by atoms with van der Waals surface area (Å²) in [5.41, 5.74) is 1.35. The summed E-state index contributed by atoms with van der Waals surface area (Å²) < 4.78 is 0. The molecule has 1 aliphatic heterocycles. The second kappa shape index (κ2) is 6.60. The van der Waals surface area contributed by atoms with E-state index < -0.39 is 0 Å². The fourth-order valence-corrected chi connectivity index (χ4v) is 2.66. The van der Waals surface area contributed by atoms with E-state index in [2.05, 4.69) is 29.6 Å². The van der Waals surface area contributed by atoms with Crippen molar-refractivity contribution in [1.82, 2.24) is 10.2 Å². The Morgan fingerprint density at radius 3 is 2.68 bits per heavy atom. The lowest BCUT2D eigenvalue weighted by Gasteiger charge is -2.26. The molecular weight excluding hydrogens is 236 g/mol. The Morgan fingerprint density at radius 2 is 2.00 bits per heavy atom. The molecule has 1 atom stereocenters. The molecule has 1 fully saturated rings. The smallest absolute Gasteiger partial charge is 0.317 e. The van der Waals surface area contributed by atoms with Crippen molar-refractivity contribution in [3.05, 3.63) is 35.9 Å². The number of urea groups is 1. The molecule has 0 aliphatic carbocycles. The van der Waals surface area contributed by atoms with Crippen LogP contribution in [-0.2, 0) is 0 Å². The van der Waals surface area contributed by atoms with Crippen LogP contribution in [0.1, 0.15) is 44.6 Å². The number of carbonyl (C=O) groups excluding carboxylic acids is 1. The quantitative estimate of drug-likeness (QED) is 0.868. The van der Waals surface area contributed by atoms with Crippen molar-refractivity contribution in [3.63, 3.8) is 0 Å². The molecule has 104 valence electrons. The van der Waals surface area contributed by atoms with Gasteiger partial charge in [0.2, 0.25) is 0 Å². The maximum atomic E-state index is 12.2. The van der Waals surface area contributed by atoms with Crippen LogP contribution in [0, 0.1) is 0 Å². The van der Waals surface area contributed by atoms with Crippen LogP contribution in [0.25, 0.3) is 0 Å². The lowest BCUT2D eigenvalue weighted by molar-refractivity contribution is 0.195. The zero-order valence-corrected chi connectivity index (χ0v) is 11.9. The van der Waals surface area contributed by atoms with Crippen molar-refractivity contribution in [3.8, 4) is 0 Å². The van der Waals surface area contributed by atoms with Crippen molar-refractivity contribution >= 4 is 6.03 Å². The van der Waals surface area contributed by atoms with E-state index in [0.717, 1.165) is 19.5 Å². The van der Waals surface area contributed by atoms with Gasteiger partial charge in [-0.05, 0) is 32.3 Å². The van der Waals surface area contributed by atoms with Crippen LogP contribution in [0.5, 0.6) is 0 Å². The van der Waals surface area contributed by atoms with Gasteiger partial charge in [-0.25, -0.2) is 4.79 Å². The van der Waals surface area contributed by atoms with Gasteiger partial charge in [0.25, 0.3) is 0 Å². The standard InChI is InChI=1S/C16H24N2O/c1-13(2)17-16(19)18-11-7-6-10-15(12-18)14-8-4-3-5-9-14/h3-5,8-9,13,15H,6-7,10-12H2,1-2H3,(H,17,19). The van der Waals surface area contributed by atoms with Crippen LogP contribution < -0.4 is 5.32 Å². The molecule has 19 heavy (non-hydrogen) atoms.